The molecule has 2 heterocycles. The molecule has 132 valence electrons. The van der Waals surface area contributed by atoms with Crippen LogP contribution in [0.4, 0.5) is 0 Å². The van der Waals surface area contributed by atoms with E-state index in [9.17, 15) is 13.2 Å². The molecule has 0 atom stereocenters. The summed E-state index contributed by atoms with van der Waals surface area (Å²) in [7, 11) is -0.977. The number of nitrogens with zero attached hydrogens (tertiary/aromatic N) is 1. The Morgan fingerprint density at radius 3 is 2.71 bits per heavy atom. The zero-order valence-corrected chi connectivity index (χ0v) is 14.1. The summed E-state index contributed by atoms with van der Waals surface area (Å²) < 4.78 is 43.7. The normalized spacial score (nSPS) is 16.3. The number of rotatable bonds is 5. The third-order valence-electron chi connectivity index (χ3n) is 3.96. The molecule has 0 fully saturated rings. The van der Waals surface area contributed by atoms with E-state index in [0.717, 1.165) is 0 Å². The van der Waals surface area contributed by atoms with Crippen molar-refractivity contribution in [2.24, 2.45) is 0 Å². The number of nitrogens with one attached hydrogen (secondary N) is 1. The maximum atomic E-state index is 12.7. The molecule has 3 rings (SSSR count). The maximum absolute atomic E-state index is 12.7. The number of aliphatic hydroxyl groups excluding tert-OH is 1. The van der Waals surface area contributed by atoms with Crippen LogP contribution in [0.3, 0.4) is 0 Å². The van der Waals surface area contributed by atoms with Crippen molar-refractivity contribution in [2.45, 2.75) is 11.3 Å². The highest BCUT2D eigenvalue weighted by molar-refractivity contribution is 7.89. The number of carbonyl (C=O) groups excluding carboxylic acids is 1. The molecule has 1 aromatic rings. The number of fused-ring (bicyclic) bond motifs is 2. The zero-order valence-electron chi connectivity index (χ0n) is 13.3. The molecule has 0 saturated carbocycles. The van der Waals surface area contributed by atoms with Gasteiger partial charge in [-0.1, -0.05) is 0 Å². The SMILES string of the molecule is COc1c2c(c(S(=O)(=O)NCCO)c3c1C(=O)N(C)CC3)OCO2. The molecule has 1 aromatic carbocycles. The van der Waals surface area contributed by atoms with E-state index in [0.29, 0.717) is 18.5 Å². The van der Waals surface area contributed by atoms with Gasteiger partial charge in [0.25, 0.3) is 5.91 Å². The van der Waals surface area contributed by atoms with Gasteiger partial charge in [0.15, 0.2) is 11.5 Å². The van der Waals surface area contributed by atoms with E-state index in [4.69, 9.17) is 19.3 Å². The lowest BCUT2D eigenvalue weighted by Crippen LogP contribution is -2.36. The van der Waals surface area contributed by atoms with E-state index >= 15 is 0 Å². The van der Waals surface area contributed by atoms with Gasteiger partial charge >= 0.3 is 0 Å². The van der Waals surface area contributed by atoms with Crippen LogP contribution in [-0.2, 0) is 16.4 Å². The molecule has 0 aliphatic carbocycles. The van der Waals surface area contributed by atoms with Gasteiger partial charge in [0.2, 0.25) is 22.6 Å². The maximum Gasteiger partial charge on any atom is 0.257 e. The third kappa shape index (κ3) is 2.46. The topological polar surface area (TPSA) is 114 Å². The summed E-state index contributed by atoms with van der Waals surface area (Å²) in [6.07, 6.45) is 0.333. The lowest BCUT2D eigenvalue weighted by Gasteiger charge is -2.28. The van der Waals surface area contributed by atoms with Gasteiger partial charge in [-0.15, -0.1) is 0 Å². The number of sulfonamides is 1. The largest absolute Gasteiger partial charge is 0.492 e. The summed E-state index contributed by atoms with van der Waals surface area (Å²) in [5, 5.41) is 8.90. The summed E-state index contributed by atoms with van der Waals surface area (Å²) >= 11 is 0. The van der Waals surface area contributed by atoms with E-state index in [1.165, 1.54) is 12.0 Å². The number of carbonyl (C=O) groups is 1. The van der Waals surface area contributed by atoms with Crippen molar-refractivity contribution in [3.63, 3.8) is 0 Å². The second-order valence-corrected chi connectivity index (χ2v) is 7.08. The van der Waals surface area contributed by atoms with Crippen LogP contribution in [0.25, 0.3) is 0 Å². The van der Waals surface area contributed by atoms with Crippen molar-refractivity contribution in [2.75, 3.05) is 40.6 Å². The van der Waals surface area contributed by atoms with Crippen LogP contribution in [0, 0.1) is 0 Å². The molecule has 24 heavy (non-hydrogen) atoms. The minimum atomic E-state index is -4.00. The molecule has 9 nitrogen and oxygen atoms in total. The molecule has 2 aliphatic heterocycles. The molecule has 10 heteroatoms. The van der Waals surface area contributed by atoms with Gasteiger partial charge in [0.05, 0.1) is 19.3 Å². The van der Waals surface area contributed by atoms with Crippen LogP contribution in [0.2, 0.25) is 0 Å². The van der Waals surface area contributed by atoms with Crippen molar-refractivity contribution in [3.8, 4) is 17.2 Å². The van der Waals surface area contributed by atoms with Crippen LogP contribution < -0.4 is 18.9 Å². The molecule has 0 bridgehead atoms. The van der Waals surface area contributed by atoms with E-state index in [-0.39, 0.29) is 53.6 Å². The average molecular weight is 358 g/mol. The number of aliphatic hydroxyl groups is 1. The van der Waals surface area contributed by atoms with Crippen LogP contribution >= 0.6 is 0 Å². The number of likely N-dealkylation sites (N-methyl/N-ethyl adjacent to an activating group) is 1. The van der Waals surface area contributed by atoms with Gasteiger partial charge in [-0.25, -0.2) is 13.1 Å². The smallest absolute Gasteiger partial charge is 0.257 e. The minimum Gasteiger partial charge on any atom is -0.492 e. The predicted octanol–water partition coefficient (Wildman–Crippen LogP) is -0.677. The first kappa shape index (κ1) is 16.8. The van der Waals surface area contributed by atoms with E-state index in [1.807, 2.05) is 0 Å². The fourth-order valence-corrected chi connectivity index (χ4v) is 4.31. The first-order chi connectivity index (χ1) is 11.4. The zero-order chi connectivity index (χ0) is 17.5. The highest BCUT2D eigenvalue weighted by Crippen LogP contribution is 2.51. The predicted molar refractivity (Wildman–Crippen MR) is 82.1 cm³/mol. The fraction of sp³-hybridized carbons (Fsp3) is 0.500. The summed E-state index contributed by atoms with van der Waals surface area (Å²) in [4.78, 5) is 13.9. The Labute approximate surface area is 139 Å². The van der Waals surface area contributed by atoms with Crippen molar-refractivity contribution in [3.05, 3.63) is 11.1 Å². The van der Waals surface area contributed by atoms with E-state index < -0.39 is 10.0 Å². The van der Waals surface area contributed by atoms with Gasteiger partial charge in [0.1, 0.15) is 4.90 Å². The highest BCUT2D eigenvalue weighted by atomic mass is 32.2. The number of ether oxygens (including phenoxy) is 3. The number of hydrogen-bond donors (Lipinski definition) is 2. The molecule has 0 spiro atoms. The Balaban J connectivity index is 2.31. The first-order valence-electron chi connectivity index (χ1n) is 7.30. The fourth-order valence-electron chi connectivity index (χ4n) is 2.88. The molecule has 1 amide bonds. The molecule has 0 unspecified atom stereocenters. The quantitative estimate of drug-likeness (QED) is 0.717. The number of benzene rings is 1. The lowest BCUT2D eigenvalue weighted by atomic mass is 9.97. The average Bonchev–Trinajstić information content (AvgIpc) is 3.02. The van der Waals surface area contributed by atoms with Crippen molar-refractivity contribution in [1.29, 1.82) is 0 Å². The van der Waals surface area contributed by atoms with Crippen molar-refractivity contribution in [1.82, 2.24) is 9.62 Å². The molecular formula is C14H18N2O7S. The van der Waals surface area contributed by atoms with Crippen LogP contribution in [-0.4, -0.2) is 65.0 Å². The number of methoxy groups -OCH3 is 1. The van der Waals surface area contributed by atoms with Crippen LogP contribution in [0.15, 0.2) is 4.90 Å². The Morgan fingerprint density at radius 2 is 2.04 bits per heavy atom. The summed E-state index contributed by atoms with van der Waals surface area (Å²) in [6, 6.07) is 0. The van der Waals surface area contributed by atoms with E-state index in [1.54, 1.807) is 7.05 Å². The summed E-state index contributed by atoms with van der Waals surface area (Å²) in [5.74, 6) is -0.0298. The highest BCUT2D eigenvalue weighted by Gasteiger charge is 2.40. The third-order valence-corrected chi connectivity index (χ3v) is 5.52. The number of hydrogen-bond acceptors (Lipinski definition) is 7. The van der Waals surface area contributed by atoms with Gasteiger partial charge in [-0.2, -0.15) is 0 Å². The van der Waals surface area contributed by atoms with Gasteiger partial charge in [0, 0.05) is 20.1 Å². The van der Waals surface area contributed by atoms with Gasteiger partial charge < -0.3 is 24.2 Å². The molecular weight excluding hydrogens is 340 g/mol. The summed E-state index contributed by atoms with van der Waals surface area (Å²) in [5.41, 5.74) is 0.504. The molecule has 2 aliphatic rings. The Kier molecular flexibility index (Phi) is 4.28. The van der Waals surface area contributed by atoms with Crippen molar-refractivity contribution < 1.29 is 32.5 Å². The second-order valence-electron chi connectivity index (χ2n) is 5.38. The first-order valence-corrected chi connectivity index (χ1v) is 8.79. The Morgan fingerprint density at radius 1 is 1.33 bits per heavy atom. The molecule has 0 radical (unpaired) electrons. The van der Waals surface area contributed by atoms with Crippen LogP contribution in [0.1, 0.15) is 15.9 Å². The van der Waals surface area contributed by atoms with Gasteiger partial charge in [-0.3, -0.25) is 4.79 Å². The molecule has 0 aromatic heterocycles. The standard InChI is InChI=1S/C14H18N2O7S/c1-16-5-3-8-9(14(16)18)10(21-2)11-12(23-7-22-11)13(8)24(19,20)15-4-6-17/h15,17H,3-7H2,1-2H3. The minimum absolute atomic E-state index is 0.0355. The Bertz CT molecular complexity index is 791. The summed E-state index contributed by atoms with van der Waals surface area (Å²) in [6.45, 7) is -0.288. The number of amides is 1. The molecule has 0 saturated heterocycles. The van der Waals surface area contributed by atoms with Gasteiger partial charge in [-0.05, 0) is 12.0 Å². The van der Waals surface area contributed by atoms with E-state index in [2.05, 4.69) is 4.72 Å². The van der Waals surface area contributed by atoms with Crippen molar-refractivity contribution >= 4 is 15.9 Å². The monoisotopic (exact) mass is 358 g/mol. The molecule has 2 N–H and O–H groups in total. The Hall–Kier alpha value is -2.04. The lowest BCUT2D eigenvalue weighted by molar-refractivity contribution is 0.0775. The second kappa shape index (κ2) is 6.11. The van der Waals surface area contributed by atoms with Crippen LogP contribution in [0.5, 0.6) is 17.2 Å².